The summed E-state index contributed by atoms with van der Waals surface area (Å²) in [5.41, 5.74) is 1.95. The van der Waals surface area contributed by atoms with Gasteiger partial charge in [-0.15, -0.1) is 0 Å². The van der Waals surface area contributed by atoms with E-state index >= 15 is 0 Å². The summed E-state index contributed by atoms with van der Waals surface area (Å²) in [6.45, 7) is 1.94. The Morgan fingerprint density at radius 2 is 2.11 bits per heavy atom. The number of aliphatic hydroxyl groups is 1. The van der Waals surface area contributed by atoms with Crippen LogP contribution in [0.15, 0.2) is 36.7 Å². The summed E-state index contributed by atoms with van der Waals surface area (Å²) >= 11 is 0. The first-order valence-corrected chi connectivity index (χ1v) is 6.04. The van der Waals surface area contributed by atoms with Crippen LogP contribution in [0.3, 0.4) is 0 Å². The maximum Gasteiger partial charge on any atom is 0.126 e. The summed E-state index contributed by atoms with van der Waals surface area (Å²) in [5.74, 6) is -0.232. The molecule has 1 N–H and O–H groups in total. The van der Waals surface area contributed by atoms with Crippen molar-refractivity contribution in [2.45, 2.75) is 25.4 Å². The number of aromatic nitrogens is 1. The molecule has 18 heavy (non-hydrogen) atoms. The fourth-order valence-electron chi connectivity index (χ4n) is 2.82. The van der Waals surface area contributed by atoms with E-state index in [4.69, 9.17) is 0 Å². The van der Waals surface area contributed by atoms with E-state index in [0.717, 1.165) is 11.1 Å². The van der Waals surface area contributed by atoms with Crippen LogP contribution in [0.25, 0.3) is 0 Å². The molecule has 0 radical (unpaired) electrons. The molecule has 3 heteroatoms. The van der Waals surface area contributed by atoms with Crippen LogP contribution in [0, 0.1) is 12.7 Å². The summed E-state index contributed by atoms with van der Waals surface area (Å²) < 4.78 is 13.7. The average Bonchev–Trinajstić information content (AvgIpc) is 2.70. The monoisotopic (exact) mass is 243 g/mol. The molecule has 2 nitrogen and oxygen atoms in total. The lowest BCUT2D eigenvalue weighted by molar-refractivity contribution is 0.0819. The first-order valence-electron chi connectivity index (χ1n) is 6.04. The highest BCUT2D eigenvalue weighted by atomic mass is 19.1. The van der Waals surface area contributed by atoms with Gasteiger partial charge in [0.05, 0.1) is 0 Å². The molecule has 2 aromatic rings. The Labute approximate surface area is 105 Å². The number of aryl methyl sites for hydroxylation is 1. The molecule has 92 valence electrons. The van der Waals surface area contributed by atoms with E-state index in [1.165, 1.54) is 6.07 Å². The van der Waals surface area contributed by atoms with Crippen LogP contribution in [0.2, 0.25) is 0 Å². The zero-order valence-corrected chi connectivity index (χ0v) is 10.2. The van der Waals surface area contributed by atoms with Gasteiger partial charge in [-0.25, -0.2) is 4.39 Å². The molecule has 0 aliphatic heterocycles. The second-order valence-electron chi connectivity index (χ2n) is 4.82. The van der Waals surface area contributed by atoms with Gasteiger partial charge in [-0.1, -0.05) is 12.1 Å². The molecule has 1 unspecified atom stereocenters. The Hall–Kier alpha value is -1.74. The van der Waals surface area contributed by atoms with E-state index in [1.54, 1.807) is 24.5 Å². The lowest BCUT2D eigenvalue weighted by atomic mass is 9.86. The molecule has 0 spiro atoms. The smallest absolute Gasteiger partial charge is 0.126 e. The summed E-state index contributed by atoms with van der Waals surface area (Å²) in [7, 11) is 0. The van der Waals surface area contributed by atoms with Crippen LogP contribution < -0.4 is 0 Å². The lowest BCUT2D eigenvalue weighted by Crippen LogP contribution is -2.25. The van der Waals surface area contributed by atoms with Crippen molar-refractivity contribution >= 4 is 0 Å². The number of hydrogen-bond acceptors (Lipinski definition) is 2. The third kappa shape index (κ3) is 1.47. The van der Waals surface area contributed by atoms with Gasteiger partial charge in [-0.05, 0) is 48.6 Å². The number of fused-ring (bicyclic) bond motifs is 1. The Bertz CT molecular complexity index is 611. The molecule has 0 saturated heterocycles. The van der Waals surface area contributed by atoms with Gasteiger partial charge in [0.2, 0.25) is 0 Å². The SMILES string of the molecule is Cc1ccncc1C1(O)CCc2c(F)cccc21. The number of halogens is 1. The van der Waals surface area contributed by atoms with Crippen LogP contribution in [0.4, 0.5) is 4.39 Å². The molecule has 1 aromatic heterocycles. The number of benzene rings is 1. The van der Waals surface area contributed by atoms with Gasteiger partial charge in [-0.3, -0.25) is 4.98 Å². The van der Waals surface area contributed by atoms with Gasteiger partial charge >= 0.3 is 0 Å². The van der Waals surface area contributed by atoms with Crippen molar-refractivity contribution < 1.29 is 9.50 Å². The number of pyridine rings is 1. The largest absolute Gasteiger partial charge is 0.380 e. The maximum atomic E-state index is 13.7. The summed E-state index contributed by atoms with van der Waals surface area (Å²) in [6.07, 6.45) is 4.45. The predicted molar refractivity (Wildman–Crippen MR) is 66.7 cm³/mol. The molecule has 1 aliphatic carbocycles. The molecule has 1 aliphatic rings. The third-order valence-electron chi connectivity index (χ3n) is 3.79. The van der Waals surface area contributed by atoms with Gasteiger partial charge in [-0.2, -0.15) is 0 Å². The van der Waals surface area contributed by atoms with Gasteiger partial charge in [0.1, 0.15) is 11.4 Å². The van der Waals surface area contributed by atoms with E-state index < -0.39 is 5.60 Å². The second kappa shape index (κ2) is 3.89. The molecule has 0 bridgehead atoms. The highest BCUT2D eigenvalue weighted by Gasteiger charge is 2.40. The van der Waals surface area contributed by atoms with Crippen molar-refractivity contribution in [3.05, 3.63) is 64.7 Å². The van der Waals surface area contributed by atoms with E-state index in [2.05, 4.69) is 4.98 Å². The maximum absolute atomic E-state index is 13.7. The first-order chi connectivity index (χ1) is 8.63. The zero-order chi connectivity index (χ0) is 12.8. The first kappa shape index (κ1) is 11.4. The highest BCUT2D eigenvalue weighted by molar-refractivity contribution is 5.47. The second-order valence-corrected chi connectivity index (χ2v) is 4.82. The van der Waals surface area contributed by atoms with Crippen molar-refractivity contribution in [2.24, 2.45) is 0 Å². The number of hydrogen-bond donors (Lipinski definition) is 1. The topological polar surface area (TPSA) is 33.1 Å². The summed E-state index contributed by atoms with van der Waals surface area (Å²) in [5, 5.41) is 10.9. The molecule has 1 atom stereocenters. The molecule has 1 heterocycles. The minimum atomic E-state index is -1.10. The fourth-order valence-corrected chi connectivity index (χ4v) is 2.82. The van der Waals surface area contributed by atoms with Crippen LogP contribution in [-0.2, 0) is 12.0 Å². The Morgan fingerprint density at radius 1 is 1.28 bits per heavy atom. The average molecular weight is 243 g/mol. The van der Waals surface area contributed by atoms with Gasteiger partial charge in [0.25, 0.3) is 0 Å². The van der Waals surface area contributed by atoms with E-state index in [0.29, 0.717) is 24.0 Å². The minimum Gasteiger partial charge on any atom is -0.380 e. The van der Waals surface area contributed by atoms with Crippen LogP contribution in [0.5, 0.6) is 0 Å². The molecular formula is C15H14FNO. The molecule has 0 fully saturated rings. The Morgan fingerprint density at radius 3 is 2.89 bits per heavy atom. The van der Waals surface area contributed by atoms with Gasteiger partial charge < -0.3 is 5.11 Å². The minimum absolute atomic E-state index is 0.232. The van der Waals surface area contributed by atoms with E-state index in [1.807, 2.05) is 13.0 Å². The Balaban J connectivity index is 2.21. The quantitative estimate of drug-likeness (QED) is 0.835. The lowest BCUT2D eigenvalue weighted by Gasteiger charge is -2.26. The Kier molecular flexibility index (Phi) is 2.45. The predicted octanol–water partition coefficient (Wildman–Crippen LogP) is 2.71. The van der Waals surface area contributed by atoms with Crippen molar-refractivity contribution in [3.63, 3.8) is 0 Å². The zero-order valence-electron chi connectivity index (χ0n) is 10.2. The van der Waals surface area contributed by atoms with Gasteiger partial charge in [0.15, 0.2) is 0 Å². The van der Waals surface area contributed by atoms with E-state index in [-0.39, 0.29) is 5.82 Å². The van der Waals surface area contributed by atoms with Crippen LogP contribution in [-0.4, -0.2) is 10.1 Å². The van der Waals surface area contributed by atoms with Gasteiger partial charge in [0, 0.05) is 18.0 Å². The van der Waals surface area contributed by atoms with Crippen LogP contribution >= 0.6 is 0 Å². The molecule has 0 amide bonds. The standard InChI is InChI=1S/C15H14FNO/c1-10-6-8-17-9-13(10)15(18)7-5-11-12(15)3-2-4-14(11)16/h2-4,6,8-9,18H,5,7H2,1H3. The van der Waals surface area contributed by atoms with Crippen molar-refractivity contribution in [1.82, 2.24) is 4.98 Å². The number of nitrogens with zero attached hydrogens (tertiary/aromatic N) is 1. The third-order valence-corrected chi connectivity index (χ3v) is 3.79. The van der Waals surface area contributed by atoms with Crippen molar-refractivity contribution in [1.29, 1.82) is 0 Å². The van der Waals surface area contributed by atoms with E-state index in [9.17, 15) is 9.50 Å². The van der Waals surface area contributed by atoms with Crippen LogP contribution in [0.1, 0.15) is 28.7 Å². The summed E-state index contributed by atoms with van der Waals surface area (Å²) in [4.78, 5) is 4.08. The molecule has 0 saturated carbocycles. The fraction of sp³-hybridized carbons (Fsp3) is 0.267. The summed E-state index contributed by atoms with van der Waals surface area (Å²) in [6, 6.07) is 6.76. The molecule has 1 aromatic carbocycles. The number of rotatable bonds is 1. The highest BCUT2D eigenvalue weighted by Crippen LogP contribution is 2.43. The van der Waals surface area contributed by atoms with Crippen molar-refractivity contribution in [2.75, 3.05) is 0 Å². The molecular weight excluding hydrogens is 229 g/mol. The normalized spacial score (nSPS) is 21.9. The van der Waals surface area contributed by atoms with Crippen molar-refractivity contribution in [3.8, 4) is 0 Å². The molecule has 3 rings (SSSR count).